The van der Waals surface area contributed by atoms with Gasteiger partial charge in [-0.2, -0.15) is 0 Å². The van der Waals surface area contributed by atoms with Gasteiger partial charge in [0.2, 0.25) is 0 Å². The average molecular weight is 369 g/mol. The van der Waals surface area contributed by atoms with Crippen LogP contribution in [0.2, 0.25) is 0 Å². The molecule has 0 aromatic heterocycles. The lowest BCUT2D eigenvalue weighted by Crippen LogP contribution is -2.24. The Morgan fingerprint density at radius 3 is 2.26 bits per heavy atom. The van der Waals surface area contributed by atoms with Crippen molar-refractivity contribution >= 4 is 32.5 Å². The van der Waals surface area contributed by atoms with Gasteiger partial charge in [-0.15, -0.1) is 0 Å². The van der Waals surface area contributed by atoms with Gasteiger partial charge in [0.05, 0.1) is 0 Å². The molecule has 0 radical (unpaired) electrons. The normalized spacial score (nSPS) is 13.7. The van der Waals surface area contributed by atoms with Crippen LogP contribution < -0.4 is 0 Å². The largest absolute Gasteiger partial charge is 0.375 e. The molecule has 0 aliphatic heterocycles. The molecule has 0 aliphatic rings. The van der Waals surface area contributed by atoms with Crippen molar-refractivity contribution in [3.8, 4) is 0 Å². The first-order valence-corrected chi connectivity index (χ1v) is 8.37. The Labute approximate surface area is 144 Å². The summed E-state index contributed by atoms with van der Waals surface area (Å²) < 4.78 is 5.62. The molecule has 3 rings (SSSR count). The van der Waals surface area contributed by atoms with E-state index in [2.05, 4.69) is 40.2 Å². The van der Waals surface area contributed by atoms with E-state index >= 15 is 0 Å². The first kappa shape index (κ1) is 15.9. The minimum atomic E-state index is -0.434. The van der Waals surface area contributed by atoms with Crippen LogP contribution in [-0.2, 0) is 4.74 Å². The number of ether oxygens (including phenoxy) is 1. The van der Waals surface area contributed by atoms with Gasteiger partial charge in [-0.1, -0.05) is 82.7 Å². The Morgan fingerprint density at radius 2 is 1.57 bits per heavy atom. The summed E-state index contributed by atoms with van der Waals surface area (Å²) in [6.45, 7) is 0. The zero-order valence-electron chi connectivity index (χ0n) is 12.8. The fourth-order valence-electron chi connectivity index (χ4n) is 2.71. The minimum absolute atomic E-state index is 0.0191. The third-order valence-electron chi connectivity index (χ3n) is 3.93. The van der Waals surface area contributed by atoms with Gasteiger partial charge in [0.15, 0.2) is 5.78 Å². The highest BCUT2D eigenvalue weighted by Gasteiger charge is 2.28. The van der Waals surface area contributed by atoms with E-state index in [1.54, 1.807) is 7.11 Å². The lowest BCUT2D eigenvalue weighted by molar-refractivity contribution is 0.0770. The number of methoxy groups -OCH3 is 1. The lowest BCUT2D eigenvalue weighted by Gasteiger charge is -2.21. The second-order valence-corrected chi connectivity index (χ2v) is 6.38. The Hall–Kier alpha value is -1.97. The van der Waals surface area contributed by atoms with Gasteiger partial charge in [0, 0.05) is 12.7 Å². The summed E-state index contributed by atoms with van der Waals surface area (Å²) in [5.74, 6) is 0.0191. The highest BCUT2D eigenvalue weighted by Crippen LogP contribution is 2.30. The summed E-state index contributed by atoms with van der Waals surface area (Å²) in [7, 11) is 1.63. The summed E-state index contributed by atoms with van der Waals surface area (Å²) in [6.07, 6.45) is -0.340. The maximum absolute atomic E-state index is 12.7. The topological polar surface area (TPSA) is 26.3 Å². The molecule has 23 heavy (non-hydrogen) atoms. The predicted octanol–water partition coefficient (Wildman–Crippen LogP) is 5.17. The molecule has 116 valence electrons. The van der Waals surface area contributed by atoms with E-state index in [1.807, 2.05) is 48.5 Å². The SMILES string of the molecule is CO[C@H](c1ccc2ccccc2c1)[C@@H](Br)C(=O)c1ccccc1. The van der Waals surface area contributed by atoms with Crippen LogP contribution in [0.4, 0.5) is 0 Å². The minimum Gasteiger partial charge on any atom is -0.375 e. The Kier molecular flexibility index (Phi) is 4.89. The summed E-state index contributed by atoms with van der Waals surface area (Å²) in [5.41, 5.74) is 1.66. The van der Waals surface area contributed by atoms with Gasteiger partial charge in [0.25, 0.3) is 0 Å². The fraction of sp³-hybridized carbons (Fsp3) is 0.150. The van der Waals surface area contributed by atoms with Crippen molar-refractivity contribution in [2.24, 2.45) is 0 Å². The van der Waals surface area contributed by atoms with Crippen molar-refractivity contribution in [3.63, 3.8) is 0 Å². The number of Topliss-reactive ketones (excluding diaryl/α,β-unsaturated/α-hetero) is 1. The average Bonchev–Trinajstić information content (AvgIpc) is 2.62. The Balaban J connectivity index is 1.92. The van der Waals surface area contributed by atoms with Crippen LogP contribution in [0.1, 0.15) is 22.0 Å². The number of halogens is 1. The third kappa shape index (κ3) is 3.36. The van der Waals surface area contributed by atoms with Crippen LogP contribution in [0.25, 0.3) is 10.8 Å². The maximum Gasteiger partial charge on any atom is 0.179 e. The van der Waals surface area contributed by atoms with Gasteiger partial charge in [-0.25, -0.2) is 0 Å². The maximum atomic E-state index is 12.7. The van der Waals surface area contributed by atoms with E-state index in [9.17, 15) is 4.79 Å². The van der Waals surface area contributed by atoms with Gasteiger partial charge < -0.3 is 4.74 Å². The first-order valence-electron chi connectivity index (χ1n) is 7.45. The summed E-state index contributed by atoms with van der Waals surface area (Å²) in [6, 6.07) is 23.6. The van der Waals surface area contributed by atoms with Gasteiger partial charge in [0.1, 0.15) is 10.9 Å². The predicted molar refractivity (Wildman–Crippen MR) is 97.2 cm³/mol. The van der Waals surface area contributed by atoms with Crippen LogP contribution >= 0.6 is 15.9 Å². The van der Waals surface area contributed by atoms with E-state index in [-0.39, 0.29) is 11.9 Å². The van der Waals surface area contributed by atoms with Crippen LogP contribution in [0.3, 0.4) is 0 Å². The second kappa shape index (κ2) is 7.07. The van der Waals surface area contributed by atoms with Crippen molar-refractivity contribution in [1.82, 2.24) is 0 Å². The molecule has 2 atom stereocenters. The molecule has 0 amide bonds. The number of alkyl halides is 1. The Morgan fingerprint density at radius 1 is 0.913 bits per heavy atom. The lowest BCUT2D eigenvalue weighted by atomic mass is 9.97. The zero-order chi connectivity index (χ0) is 16.2. The molecule has 3 heteroatoms. The first-order chi connectivity index (χ1) is 11.2. The molecule has 0 aliphatic carbocycles. The highest BCUT2D eigenvalue weighted by molar-refractivity contribution is 9.10. The molecule has 0 bridgehead atoms. The van der Waals surface area contributed by atoms with Crippen molar-refractivity contribution in [2.75, 3.05) is 7.11 Å². The third-order valence-corrected chi connectivity index (χ3v) is 4.83. The smallest absolute Gasteiger partial charge is 0.179 e. The number of fused-ring (bicyclic) bond motifs is 1. The zero-order valence-corrected chi connectivity index (χ0v) is 14.4. The van der Waals surface area contributed by atoms with Gasteiger partial charge in [-0.3, -0.25) is 4.79 Å². The summed E-state index contributed by atoms with van der Waals surface area (Å²) in [4.78, 5) is 12.2. The fourth-order valence-corrected chi connectivity index (χ4v) is 3.49. The molecular formula is C20H17BrO2. The Bertz CT molecular complexity index is 814. The van der Waals surface area contributed by atoms with E-state index in [1.165, 1.54) is 5.39 Å². The number of hydrogen-bond donors (Lipinski definition) is 0. The number of hydrogen-bond acceptors (Lipinski definition) is 2. The number of benzene rings is 3. The molecule has 3 aromatic rings. The van der Waals surface area contributed by atoms with E-state index in [4.69, 9.17) is 4.74 Å². The molecule has 0 saturated carbocycles. The summed E-state index contributed by atoms with van der Waals surface area (Å²) >= 11 is 3.53. The second-order valence-electron chi connectivity index (χ2n) is 5.39. The molecule has 0 N–H and O–H groups in total. The molecule has 2 nitrogen and oxygen atoms in total. The molecule has 0 unspecified atom stereocenters. The molecular weight excluding hydrogens is 352 g/mol. The van der Waals surface area contributed by atoms with Crippen LogP contribution in [0.15, 0.2) is 72.8 Å². The molecule has 3 aromatic carbocycles. The van der Waals surface area contributed by atoms with Gasteiger partial charge in [-0.05, 0) is 22.4 Å². The number of ketones is 1. The van der Waals surface area contributed by atoms with Crippen molar-refractivity contribution < 1.29 is 9.53 Å². The van der Waals surface area contributed by atoms with Crippen LogP contribution in [0.5, 0.6) is 0 Å². The molecule has 0 spiro atoms. The highest BCUT2D eigenvalue weighted by atomic mass is 79.9. The monoisotopic (exact) mass is 368 g/mol. The molecule has 0 fully saturated rings. The standard InChI is InChI=1S/C20H17BrO2/c1-23-20(18(21)19(22)15-8-3-2-4-9-15)17-12-11-14-7-5-6-10-16(14)13-17/h2-13,18,20H,1H3/t18-,20+/m0/s1. The molecule has 0 saturated heterocycles. The van der Waals surface area contributed by atoms with E-state index in [0.29, 0.717) is 5.56 Å². The van der Waals surface area contributed by atoms with Crippen molar-refractivity contribution in [2.45, 2.75) is 10.9 Å². The molecule has 0 heterocycles. The number of rotatable bonds is 5. The number of carbonyl (C=O) groups excluding carboxylic acids is 1. The van der Waals surface area contributed by atoms with Crippen LogP contribution in [-0.4, -0.2) is 17.7 Å². The van der Waals surface area contributed by atoms with Crippen molar-refractivity contribution in [1.29, 1.82) is 0 Å². The van der Waals surface area contributed by atoms with Crippen molar-refractivity contribution in [3.05, 3.63) is 83.9 Å². The van der Waals surface area contributed by atoms with Gasteiger partial charge >= 0.3 is 0 Å². The van der Waals surface area contributed by atoms with E-state index < -0.39 is 4.83 Å². The summed E-state index contributed by atoms with van der Waals surface area (Å²) in [5, 5.41) is 2.31. The number of carbonyl (C=O) groups is 1. The van der Waals surface area contributed by atoms with E-state index in [0.717, 1.165) is 10.9 Å². The van der Waals surface area contributed by atoms with Crippen LogP contribution in [0, 0.1) is 0 Å². The quantitative estimate of drug-likeness (QED) is 0.458.